The molecule has 2 amide bonds. The van der Waals surface area contributed by atoms with Gasteiger partial charge in [-0.1, -0.05) is 43.7 Å². The predicted octanol–water partition coefficient (Wildman–Crippen LogP) is 4.82. The third-order valence-corrected chi connectivity index (χ3v) is 6.45. The molecule has 1 saturated heterocycles. The van der Waals surface area contributed by atoms with Gasteiger partial charge in [-0.2, -0.15) is 0 Å². The second-order valence-corrected chi connectivity index (χ2v) is 9.12. The minimum Gasteiger partial charge on any atom is -0.341 e. The normalized spacial score (nSPS) is 16.1. The Morgan fingerprint density at radius 2 is 1.82 bits per heavy atom. The van der Waals surface area contributed by atoms with E-state index >= 15 is 0 Å². The number of fused-ring (bicyclic) bond motifs is 1. The van der Waals surface area contributed by atoms with Crippen LogP contribution in [0, 0.1) is 13.8 Å². The first-order chi connectivity index (χ1) is 15.9. The third-order valence-electron chi connectivity index (χ3n) is 6.45. The topological polar surface area (TPSA) is 58.4 Å². The number of hydrogen-bond acceptors (Lipinski definition) is 3. The Morgan fingerprint density at radius 3 is 2.52 bits per heavy atom. The van der Waals surface area contributed by atoms with Gasteiger partial charge in [-0.05, 0) is 50.5 Å². The molecule has 0 spiro atoms. The van der Waals surface area contributed by atoms with Gasteiger partial charge in [-0.3, -0.25) is 9.59 Å². The molecule has 4 rings (SSSR count). The van der Waals surface area contributed by atoms with Crippen LogP contribution in [0.4, 0.5) is 5.69 Å². The number of anilines is 1. The Kier molecular flexibility index (Phi) is 6.82. The Balaban J connectivity index is 1.67. The van der Waals surface area contributed by atoms with Gasteiger partial charge in [-0.15, -0.1) is 0 Å². The number of aromatic nitrogens is 2. The molecule has 1 atom stereocenters. The fourth-order valence-corrected chi connectivity index (χ4v) is 4.93. The van der Waals surface area contributed by atoms with Crippen molar-refractivity contribution in [2.75, 3.05) is 24.5 Å². The van der Waals surface area contributed by atoms with Gasteiger partial charge >= 0.3 is 0 Å². The van der Waals surface area contributed by atoms with Crippen molar-refractivity contribution < 1.29 is 9.59 Å². The van der Waals surface area contributed by atoms with E-state index in [9.17, 15) is 9.59 Å². The second-order valence-electron chi connectivity index (χ2n) is 9.12. The van der Waals surface area contributed by atoms with Crippen molar-refractivity contribution in [1.29, 1.82) is 0 Å². The van der Waals surface area contributed by atoms with Crippen LogP contribution in [0.3, 0.4) is 0 Å². The van der Waals surface area contributed by atoms with Gasteiger partial charge in [0.15, 0.2) is 0 Å². The van der Waals surface area contributed by atoms with Crippen molar-refractivity contribution in [2.45, 2.75) is 59.4 Å². The first-order valence-corrected chi connectivity index (χ1v) is 12.0. The van der Waals surface area contributed by atoms with E-state index in [2.05, 4.69) is 26.8 Å². The van der Waals surface area contributed by atoms with Crippen LogP contribution in [0.15, 0.2) is 42.5 Å². The SMILES string of the molecule is CCCN(CCC)C(=O)Cn1c(C2CC(=O)N(c3ccc(C)cc3C)C2)nc2ccccc21. The summed E-state index contributed by atoms with van der Waals surface area (Å²) in [5, 5.41) is 0. The predicted molar refractivity (Wildman–Crippen MR) is 133 cm³/mol. The standard InChI is InChI=1S/C27H34N4O2/c1-5-13-29(14-6-2)26(33)18-31-24-10-8-7-9-22(24)28-27(31)21-16-25(32)30(17-21)23-12-11-19(3)15-20(23)4/h7-12,15,21H,5-6,13-14,16-18H2,1-4H3. The zero-order chi connectivity index (χ0) is 23.5. The molecule has 1 fully saturated rings. The molecule has 0 aliphatic carbocycles. The second kappa shape index (κ2) is 9.77. The van der Waals surface area contributed by atoms with E-state index in [0.29, 0.717) is 13.0 Å². The molecule has 1 unspecified atom stereocenters. The highest BCUT2D eigenvalue weighted by atomic mass is 16.2. The minimum absolute atomic E-state index is 0.0517. The van der Waals surface area contributed by atoms with Crippen LogP contribution in [-0.4, -0.2) is 45.9 Å². The Morgan fingerprint density at radius 1 is 1.09 bits per heavy atom. The van der Waals surface area contributed by atoms with Crippen LogP contribution < -0.4 is 4.90 Å². The number of imidazole rings is 1. The quantitative estimate of drug-likeness (QED) is 0.498. The molecule has 1 aliphatic heterocycles. The van der Waals surface area contributed by atoms with Crippen molar-refractivity contribution in [3.05, 3.63) is 59.4 Å². The molecule has 0 radical (unpaired) electrons. The van der Waals surface area contributed by atoms with Gasteiger partial charge in [0.05, 0.1) is 11.0 Å². The summed E-state index contributed by atoms with van der Waals surface area (Å²) in [5.74, 6) is 0.997. The van der Waals surface area contributed by atoms with E-state index in [1.807, 2.05) is 57.7 Å². The molecule has 3 aromatic rings. The maximum absolute atomic E-state index is 13.2. The summed E-state index contributed by atoms with van der Waals surface area (Å²) in [6.45, 7) is 10.7. The number of carbonyl (C=O) groups excluding carboxylic acids is 2. The summed E-state index contributed by atoms with van der Waals surface area (Å²) in [6, 6.07) is 14.1. The number of nitrogens with zero attached hydrogens (tertiary/aromatic N) is 4. The number of carbonyl (C=O) groups is 2. The summed E-state index contributed by atoms with van der Waals surface area (Å²) < 4.78 is 2.04. The lowest BCUT2D eigenvalue weighted by Gasteiger charge is -2.23. The van der Waals surface area contributed by atoms with Gasteiger partial charge < -0.3 is 14.4 Å². The molecular formula is C27H34N4O2. The Hall–Kier alpha value is -3.15. The molecule has 0 saturated carbocycles. The van der Waals surface area contributed by atoms with Gasteiger partial charge in [0.1, 0.15) is 12.4 Å². The number of rotatable bonds is 8. The molecular weight excluding hydrogens is 412 g/mol. The molecule has 6 nitrogen and oxygen atoms in total. The lowest BCUT2D eigenvalue weighted by Crippen LogP contribution is -2.35. The molecule has 2 heterocycles. The number of aryl methyl sites for hydroxylation is 2. The Labute approximate surface area is 196 Å². The lowest BCUT2D eigenvalue weighted by atomic mass is 10.1. The number of para-hydroxylation sites is 2. The van der Waals surface area contributed by atoms with Crippen molar-refractivity contribution in [3.63, 3.8) is 0 Å². The van der Waals surface area contributed by atoms with Crippen molar-refractivity contribution in [2.24, 2.45) is 0 Å². The van der Waals surface area contributed by atoms with Crippen molar-refractivity contribution in [1.82, 2.24) is 14.5 Å². The van der Waals surface area contributed by atoms with E-state index in [1.54, 1.807) is 0 Å². The minimum atomic E-state index is -0.0517. The number of amides is 2. The third kappa shape index (κ3) is 4.65. The highest BCUT2D eigenvalue weighted by Gasteiger charge is 2.35. The molecule has 6 heteroatoms. The first-order valence-electron chi connectivity index (χ1n) is 12.0. The average molecular weight is 447 g/mol. The van der Waals surface area contributed by atoms with Gasteiger partial charge in [0.25, 0.3) is 0 Å². The molecule has 2 aromatic carbocycles. The monoisotopic (exact) mass is 446 g/mol. The molecule has 1 aromatic heterocycles. The molecule has 0 bridgehead atoms. The molecule has 0 N–H and O–H groups in total. The summed E-state index contributed by atoms with van der Waals surface area (Å²) in [4.78, 5) is 35.0. The fourth-order valence-electron chi connectivity index (χ4n) is 4.93. The highest BCUT2D eigenvalue weighted by Crippen LogP contribution is 2.34. The van der Waals surface area contributed by atoms with Gasteiger partial charge in [0.2, 0.25) is 11.8 Å². The summed E-state index contributed by atoms with van der Waals surface area (Å²) in [5.41, 5.74) is 5.07. The zero-order valence-corrected chi connectivity index (χ0v) is 20.2. The lowest BCUT2D eigenvalue weighted by molar-refractivity contribution is -0.131. The van der Waals surface area contributed by atoms with Crippen LogP contribution in [0.5, 0.6) is 0 Å². The van der Waals surface area contributed by atoms with E-state index in [4.69, 9.17) is 4.98 Å². The van der Waals surface area contributed by atoms with Crippen molar-refractivity contribution in [3.8, 4) is 0 Å². The largest absolute Gasteiger partial charge is 0.341 e. The van der Waals surface area contributed by atoms with Crippen LogP contribution in [0.1, 0.15) is 56.0 Å². The molecule has 1 aliphatic rings. The number of benzene rings is 2. The fraction of sp³-hybridized carbons (Fsp3) is 0.444. The maximum Gasteiger partial charge on any atom is 0.242 e. The Bertz CT molecular complexity index is 1160. The van der Waals surface area contributed by atoms with E-state index in [1.165, 1.54) is 5.56 Å². The number of hydrogen-bond donors (Lipinski definition) is 0. The first kappa shape index (κ1) is 23.0. The summed E-state index contributed by atoms with van der Waals surface area (Å²) in [6.07, 6.45) is 2.27. The highest BCUT2D eigenvalue weighted by molar-refractivity contribution is 5.97. The van der Waals surface area contributed by atoms with Crippen molar-refractivity contribution >= 4 is 28.5 Å². The molecule has 174 valence electrons. The van der Waals surface area contributed by atoms with E-state index < -0.39 is 0 Å². The van der Waals surface area contributed by atoms with Gasteiger partial charge in [-0.25, -0.2) is 4.98 Å². The molecule has 33 heavy (non-hydrogen) atoms. The van der Waals surface area contributed by atoms with Crippen LogP contribution in [0.25, 0.3) is 11.0 Å². The smallest absolute Gasteiger partial charge is 0.242 e. The maximum atomic E-state index is 13.2. The average Bonchev–Trinajstić information content (AvgIpc) is 3.34. The summed E-state index contributed by atoms with van der Waals surface area (Å²) >= 11 is 0. The van der Waals surface area contributed by atoms with E-state index in [0.717, 1.165) is 54.0 Å². The van der Waals surface area contributed by atoms with Crippen LogP contribution >= 0.6 is 0 Å². The van der Waals surface area contributed by atoms with Crippen LogP contribution in [0.2, 0.25) is 0 Å². The van der Waals surface area contributed by atoms with Gasteiger partial charge in [0, 0.05) is 37.7 Å². The zero-order valence-electron chi connectivity index (χ0n) is 20.2. The van der Waals surface area contributed by atoms with E-state index in [-0.39, 0.29) is 24.3 Å². The summed E-state index contributed by atoms with van der Waals surface area (Å²) in [7, 11) is 0. The van der Waals surface area contributed by atoms with Crippen LogP contribution in [-0.2, 0) is 16.1 Å².